The lowest BCUT2D eigenvalue weighted by Gasteiger charge is -2.18. The number of methoxy groups -OCH3 is 1. The monoisotopic (exact) mass is 265 g/mol. The molecule has 0 amide bonds. The molecule has 0 atom stereocenters. The molecule has 2 aromatic carbocycles. The average molecular weight is 265 g/mol. The van der Waals surface area contributed by atoms with Crippen molar-refractivity contribution in [2.45, 2.75) is 26.2 Å². The third-order valence-corrected chi connectivity index (χ3v) is 3.77. The van der Waals surface area contributed by atoms with E-state index in [0.717, 1.165) is 17.9 Å². The molecule has 102 valence electrons. The normalized spacial score (nSPS) is 16.0. The van der Waals surface area contributed by atoms with Crippen molar-refractivity contribution in [3.63, 3.8) is 0 Å². The highest BCUT2D eigenvalue weighted by molar-refractivity contribution is 6.04. The van der Waals surface area contributed by atoms with Crippen LogP contribution in [0.2, 0.25) is 0 Å². The first kappa shape index (κ1) is 12.9. The van der Waals surface area contributed by atoms with Crippen LogP contribution in [0.4, 0.5) is 5.69 Å². The number of nitrogens with zero attached hydrogens (tertiary/aromatic N) is 1. The second-order valence-electron chi connectivity index (χ2n) is 5.27. The summed E-state index contributed by atoms with van der Waals surface area (Å²) in [5.74, 6) is 0.869. The van der Waals surface area contributed by atoms with E-state index in [1.165, 1.54) is 35.2 Å². The van der Waals surface area contributed by atoms with Crippen LogP contribution in [0.5, 0.6) is 5.75 Å². The summed E-state index contributed by atoms with van der Waals surface area (Å²) in [6.45, 7) is 2.15. The van der Waals surface area contributed by atoms with Gasteiger partial charge in [-0.3, -0.25) is 4.99 Å². The van der Waals surface area contributed by atoms with Gasteiger partial charge in [0.2, 0.25) is 0 Å². The van der Waals surface area contributed by atoms with E-state index in [-0.39, 0.29) is 0 Å². The van der Waals surface area contributed by atoms with Crippen LogP contribution >= 0.6 is 0 Å². The third-order valence-electron chi connectivity index (χ3n) is 3.77. The van der Waals surface area contributed by atoms with E-state index < -0.39 is 0 Å². The molecule has 0 spiro atoms. The van der Waals surface area contributed by atoms with Gasteiger partial charge in [-0.1, -0.05) is 23.8 Å². The van der Waals surface area contributed by atoms with Crippen molar-refractivity contribution in [3.05, 3.63) is 59.2 Å². The molecular formula is C18H19NO. The molecule has 0 N–H and O–H groups in total. The summed E-state index contributed by atoms with van der Waals surface area (Å²) in [4.78, 5) is 4.83. The lowest BCUT2D eigenvalue weighted by molar-refractivity contribution is 0.415. The van der Waals surface area contributed by atoms with Gasteiger partial charge >= 0.3 is 0 Å². The highest BCUT2D eigenvalue weighted by atomic mass is 16.5. The number of hydrogen-bond acceptors (Lipinski definition) is 2. The Morgan fingerprint density at radius 1 is 1.00 bits per heavy atom. The second kappa shape index (κ2) is 5.49. The fourth-order valence-corrected chi connectivity index (χ4v) is 2.72. The molecule has 0 saturated heterocycles. The summed E-state index contributed by atoms with van der Waals surface area (Å²) in [6, 6.07) is 14.6. The predicted octanol–water partition coefficient (Wildman–Crippen LogP) is 4.46. The molecule has 20 heavy (non-hydrogen) atoms. The minimum atomic E-state index is 0.869. The van der Waals surface area contributed by atoms with Gasteiger partial charge in [-0.2, -0.15) is 0 Å². The summed E-state index contributed by atoms with van der Waals surface area (Å²) < 4.78 is 5.18. The Balaban J connectivity index is 1.96. The Labute approximate surface area is 120 Å². The summed E-state index contributed by atoms with van der Waals surface area (Å²) in [5, 5.41) is 0. The number of rotatable bonds is 2. The van der Waals surface area contributed by atoms with Crippen molar-refractivity contribution in [1.29, 1.82) is 0 Å². The van der Waals surface area contributed by atoms with Gasteiger partial charge in [0, 0.05) is 5.71 Å². The zero-order valence-corrected chi connectivity index (χ0v) is 12.0. The summed E-state index contributed by atoms with van der Waals surface area (Å²) in [7, 11) is 1.68. The number of ether oxygens (including phenoxy) is 1. The van der Waals surface area contributed by atoms with Gasteiger partial charge < -0.3 is 4.74 Å². The van der Waals surface area contributed by atoms with Gasteiger partial charge in [0.1, 0.15) is 5.75 Å². The Morgan fingerprint density at radius 2 is 1.80 bits per heavy atom. The predicted molar refractivity (Wildman–Crippen MR) is 83.3 cm³/mol. The molecule has 0 aromatic heterocycles. The number of fused-ring (bicyclic) bond motifs is 1. The number of benzene rings is 2. The zero-order valence-electron chi connectivity index (χ0n) is 12.0. The van der Waals surface area contributed by atoms with Crippen LogP contribution in [-0.2, 0) is 6.42 Å². The maximum Gasteiger partial charge on any atom is 0.119 e. The van der Waals surface area contributed by atoms with Crippen LogP contribution < -0.4 is 4.74 Å². The maximum atomic E-state index is 5.18. The molecule has 2 heteroatoms. The lowest BCUT2D eigenvalue weighted by atomic mass is 9.89. The standard InChI is InChI=1S/C18H19NO/c1-13-6-11-17-14(12-13)4-3-5-18(17)19-15-7-9-16(20-2)10-8-15/h6-12H,3-5H2,1-2H3. The number of aliphatic imine (C=N–C) groups is 1. The van der Waals surface area contributed by atoms with Crippen molar-refractivity contribution >= 4 is 11.4 Å². The average Bonchev–Trinajstić information content (AvgIpc) is 2.48. The first-order chi connectivity index (χ1) is 9.76. The van der Waals surface area contributed by atoms with Crippen molar-refractivity contribution in [2.24, 2.45) is 4.99 Å². The molecule has 0 unspecified atom stereocenters. The van der Waals surface area contributed by atoms with Crippen LogP contribution in [0.3, 0.4) is 0 Å². The van der Waals surface area contributed by atoms with Gasteiger partial charge in [-0.15, -0.1) is 0 Å². The van der Waals surface area contributed by atoms with E-state index in [1.54, 1.807) is 7.11 Å². The first-order valence-electron chi connectivity index (χ1n) is 7.08. The second-order valence-corrected chi connectivity index (χ2v) is 5.27. The summed E-state index contributed by atoms with van der Waals surface area (Å²) in [5.41, 5.74) is 6.28. The molecule has 0 radical (unpaired) electrons. The Morgan fingerprint density at radius 3 is 2.55 bits per heavy atom. The topological polar surface area (TPSA) is 21.6 Å². The Kier molecular flexibility index (Phi) is 3.55. The zero-order chi connectivity index (χ0) is 13.9. The van der Waals surface area contributed by atoms with Gasteiger partial charge in [0.25, 0.3) is 0 Å². The van der Waals surface area contributed by atoms with Crippen LogP contribution in [-0.4, -0.2) is 12.8 Å². The van der Waals surface area contributed by atoms with E-state index >= 15 is 0 Å². The van der Waals surface area contributed by atoms with Crippen LogP contribution in [0.25, 0.3) is 0 Å². The molecular weight excluding hydrogens is 246 g/mol. The first-order valence-corrected chi connectivity index (χ1v) is 7.08. The van der Waals surface area contributed by atoms with Crippen LogP contribution in [0.1, 0.15) is 29.5 Å². The molecule has 1 aliphatic rings. The van der Waals surface area contributed by atoms with E-state index in [4.69, 9.17) is 9.73 Å². The lowest BCUT2D eigenvalue weighted by Crippen LogP contribution is -2.11. The summed E-state index contributed by atoms with van der Waals surface area (Å²) in [6.07, 6.45) is 3.41. The SMILES string of the molecule is COc1ccc(N=C2CCCc3cc(C)ccc32)cc1. The molecule has 0 heterocycles. The van der Waals surface area contributed by atoms with E-state index in [1.807, 2.05) is 24.3 Å². The van der Waals surface area contributed by atoms with Gasteiger partial charge in [0.15, 0.2) is 0 Å². The molecule has 3 rings (SSSR count). The van der Waals surface area contributed by atoms with Gasteiger partial charge in [-0.05, 0) is 61.6 Å². The largest absolute Gasteiger partial charge is 0.497 e. The fraction of sp³-hybridized carbons (Fsp3) is 0.278. The molecule has 2 nitrogen and oxygen atoms in total. The van der Waals surface area contributed by atoms with Crippen molar-refractivity contribution in [2.75, 3.05) is 7.11 Å². The maximum absolute atomic E-state index is 5.18. The smallest absolute Gasteiger partial charge is 0.119 e. The minimum Gasteiger partial charge on any atom is -0.497 e. The molecule has 1 aliphatic carbocycles. The molecule has 2 aromatic rings. The van der Waals surface area contributed by atoms with Crippen molar-refractivity contribution in [1.82, 2.24) is 0 Å². The molecule has 0 aliphatic heterocycles. The molecule has 0 bridgehead atoms. The van der Waals surface area contributed by atoms with Crippen molar-refractivity contribution < 1.29 is 4.74 Å². The number of aryl methyl sites for hydroxylation is 2. The quantitative estimate of drug-likeness (QED) is 0.785. The third kappa shape index (κ3) is 2.60. The van der Waals surface area contributed by atoms with E-state index in [0.29, 0.717) is 0 Å². The number of hydrogen-bond donors (Lipinski definition) is 0. The van der Waals surface area contributed by atoms with E-state index in [9.17, 15) is 0 Å². The highest BCUT2D eigenvalue weighted by Gasteiger charge is 2.15. The minimum absolute atomic E-state index is 0.869. The molecule has 0 fully saturated rings. The summed E-state index contributed by atoms with van der Waals surface area (Å²) >= 11 is 0. The fourth-order valence-electron chi connectivity index (χ4n) is 2.72. The van der Waals surface area contributed by atoms with E-state index in [2.05, 4.69) is 25.1 Å². The Bertz CT molecular complexity index is 641. The van der Waals surface area contributed by atoms with Gasteiger partial charge in [-0.25, -0.2) is 0 Å². The Hall–Kier alpha value is -2.09. The van der Waals surface area contributed by atoms with Crippen LogP contribution in [0, 0.1) is 6.92 Å². The van der Waals surface area contributed by atoms with Gasteiger partial charge in [0.05, 0.1) is 12.8 Å². The molecule has 0 saturated carbocycles. The highest BCUT2D eigenvalue weighted by Crippen LogP contribution is 2.26. The van der Waals surface area contributed by atoms with Crippen LogP contribution in [0.15, 0.2) is 47.5 Å². The van der Waals surface area contributed by atoms with Crippen molar-refractivity contribution in [3.8, 4) is 5.75 Å².